The summed E-state index contributed by atoms with van der Waals surface area (Å²) in [4.78, 5) is 0. The second kappa shape index (κ2) is 8.11. The number of ether oxygens (including phenoxy) is 1. The summed E-state index contributed by atoms with van der Waals surface area (Å²) in [7, 11) is 0. The summed E-state index contributed by atoms with van der Waals surface area (Å²) in [6.07, 6.45) is 2.17. The standard InChI is InChI=1S/C17H23F3O/c1-4-6-7-8-13(3)15-12-14(17(18,19)20)9-10-16(15)21-11-5-2/h6-7,9-10,12-13H,4-5,8,11H2,1-3H3/b7-6-. The SMILES string of the molecule is CC/C=C\CC(C)c1cc(C(F)(F)F)ccc1OCCC. The molecule has 0 heterocycles. The first-order valence-corrected chi connectivity index (χ1v) is 7.39. The van der Waals surface area contributed by atoms with Crippen LogP contribution in [0.4, 0.5) is 13.2 Å². The minimum Gasteiger partial charge on any atom is -0.493 e. The van der Waals surface area contributed by atoms with Crippen molar-refractivity contribution in [2.24, 2.45) is 0 Å². The molecule has 0 bridgehead atoms. The highest BCUT2D eigenvalue weighted by Crippen LogP contribution is 2.36. The van der Waals surface area contributed by atoms with E-state index in [1.165, 1.54) is 12.1 Å². The Morgan fingerprint density at radius 1 is 1.19 bits per heavy atom. The van der Waals surface area contributed by atoms with Crippen LogP contribution in [0, 0.1) is 0 Å². The Labute approximate surface area is 124 Å². The van der Waals surface area contributed by atoms with E-state index in [1.54, 1.807) is 0 Å². The fraction of sp³-hybridized carbons (Fsp3) is 0.529. The van der Waals surface area contributed by atoms with E-state index in [-0.39, 0.29) is 5.92 Å². The van der Waals surface area contributed by atoms with E-state index in [0.29, 0.717) is 24.3 Å². The third-order valence-corrected chi connectivity index (χ3v) is 3.22. The van der Waals surface area contributed by atoms with Crippen LogP contribution in [0.5, 0.6) is 5.75 Å². The van der Waals surface area contributed by atoms with Crippen molar-refractivity contribution in [1.82, 2.24) is 0 Å². The fourth-order valence-corrected chi connectivity index (χ4v) is 2.05. The van der Waals surface area contributed by atoms with Crippen LogP contribution in [-0.4, -0.2) is 6.61 Å². The lowest BCUT2D eigenvalue weighted by Gasteiger charge is -2.18. The lowest BCUT2D eigenvalue weighted by Crippen LogP contribution is -2.08. The average molecular weight is 300 g/mol. The Bertz CT molecular complexity index is 464. The molecule has 0 saturated heterocycles. The van der Waals surface area contributed by atoms with E-state index in [2.05, 4.69) is 0 Å². The summed E-state index contributed by atoms with van der Waals surface area (Å²) in [5, 5.41) is 0. The Kier molecular flexibility index (Phi) is 6.79. The minimum absolute atomic E-state index is 0.0121. The van der Waals surface area contributed by atoms with E-state index in [1.807, 2.05) is 32.9 Å². The van der Waals surface area contributed by atoms with Gasteiger partial charge in [0.05, 0.1) is 12.2 Å². The molecule has 1 aromatic carbocycles. The maximum absolute atomic E-state index is 12.9. The van der Waals surface area contributed by atoms with Crippen LogP contribution in [0.1, 0.15) is 57.1 Å². The van der Waals surface area contributed by atoms with Gasteiger partial charge in [0, 0.05) is 0 Å². The summed E-state index contributed by atoms with van der Waals surface area (Å²) < 4.78 is 44.2. The Balaban J connectivity index is 3.06. The van der Waals surface area contributed by atoms with Gasteiger partial charge in [-0.25, -0.2) is 0 Å². The maximum atomic E-state index is 12.9. The summed E-state index contributed by atoms with van der Waals surface area (Å²) in [5.41, 5.74) is 0.00620. The normalized spacial score (nSPS) is 13.6. The van der Waals surface area contributed by atoms with Crippen molar-refractivity contribution in [3.8, 4) is 5.75 Å². The average Bonchev–Trinajstić information content (AvgIpc) is 2.44. The smallest absolute Gasteiger partial charge is 0.416 e. The quantitative estimate of drug-likeness (QED) is 0.565. The zero-order valence-corrected chi connectivity index (χ0v) is 12.8. The Morgan fingerprint density at radius 2 is 1.90 bits per heavy atom. The van der Waals surface area contributed by atoms with Gasteiger partial charge in [0.15, 0.2) is 0 Å². The molecule has 1 unspecified atom stereocenters. The van der Waals surface area contributed by atoms with Gasteiger partial charge in [-0.05, 0) is 48.9 Å². The molecule has 0 spiro atoms. The van der Waals surface area contributed by atoms with Crippen molar-refractivity contribution in [2.45, 2.75) is 52.1 Å². The van der Waals surface area contributed by atoms with Gasteiger partial charge in [0.1, 0.15) is 5.75 Å². The number of hydrogen-bond acceptors (Lipinski definition) is 1. The molecule has 0 aliphatic rings. The molecule has 0 saturated carbocycles. The molecule has 21 heavy (non-hydrogen) atoms. The molecule has 0 aromatic heterocycles. The maximum Gasteiger partial charge on any atom is 0.416 e. The van der Waals surface area contributed by atoms with E-state index < -0.39 is 11.7 Å². The van der Waals surface area contributed by atoms with Crippen molar-refractivity contribution in [2.75, 3.05) is 6.61 Å². The third kappa shape index (κ3) is 5.44. The largest absolute Gasteiger partial charge is 0.493 e. The molecule has 0 radical (unpaired) electrons. The molecule has 1 atom stereocenters. The minimum atomic E-state index is -4.32. The summed E-state index contributed by atoms with van der Waals surface area (Å²) in [6, 6.07) is 3.74. The zero-order valence-electron chi connectivity index (χ0n) is 12.8. The predicted octanol–water partition coefficient (Wildman–Crippen LogP) is 5.95. The summed E-state index contributed by atoms with van der Waals surface area (Å²) in [6.45, 7) is 6.43. The van der Waals surface area contributed by atoms with Crippen LogP contribution in [0.3, 0.4) is 0 Å². The second-order valence-corrected chi connectivity index (χ2v) is 5.12. The highest BCUT2D eigenvalue weighted by atomic mass is 19.4. The number of hydrogen-bond donors (Lipinski definition) is 0. The number of rotatable bonds is 7. The van der Waals surface area contributed by atoms with Crippen molar-refractivity contribution in [3.05, 3.63) is 41.5 Å². The fourth-order valence-electron chi connectivity index (χ4n) is 2.05. The molecule has 1 nitrogen and oxygen atoms in total. The van der Waals surface area contributed by atoms with Gasteiger partial charge in [-0.1, -0.05) is 32.9 Å². The molecular formula is C17H23F3O. The van der Waals surface area contributed by atoms with Crippen LogP contribution in [0.2, 0.25) is 0 Å². The number of halogens is 3. The van der Waals surface area contributed by atoms with Gasteiger partial charge in [0.25, 0.3) is 0 Å². The zero-order chi connectivity index (χ0) is 15.9. The molecule has 0 N–H and O–H groups in total. The lowest BCUT2D eigenvalue weighted by atomic mass is 9.94. The number of allylic oxidation sites excluding steroid dienone is 2. The first kappa shape index (κ1) is 17.6. The third-order valence-electron chi connectivity index (χ3n) is 3.22. The van der Waals surface area contributed by atoms with E-state index >= 15 is 0 Å². The molecule has 118 valence electrons. The van der Waals surface area contributed by atoms with Gasteiger partial charge >= 0.3 is 6.18 Å². The first-order chi connectivity index (χ1) is 9.90. The molecule has 1 rings (SSSR count). The predicted molar refractivity (Wildman–Crippen MR) is 79.7 cm³/mol. The topological polar surface area (TPSA) is 9.23 Å². The summed E-state index contributed by atoms with van der Waals surface area (Å²) >= 11 is 0. The van der Waals surface area contributed by atoms with Crippen molar-refractivity contribution in [3.63, 3.8) is 0 Å². The van der Waals surface area contributed by atoms with Crippen LogP contribution in [0.25, 0.3) is 0 Å². The molecule has 1 aromatic rings. The summed E-state index contributed by atoms with van der Waals surface area (Å²) in [5.74, 6) is 0.546. The van der Waals surface area contributed by atoms with Crippen LogP contribution in [-0.2, 0) is 6.18 Å². The number of benzene rings is 1. The van der Waals surface area contributed by atoms with Crippen molar-refractivity contribution in [1.29, 1.82) is 0 Å². The highest BCUT2D eigenvalue weighted by Gasteiger charge is 2.31. The van der Waals surface area contributed by atoms with Gasteiger partial charge in [0.2, 0.25) is 0 Å². The van der Waals surface area contributed by atoms with E-state index in [4.69, 9.17) is 4.74 Å². The molecule has 0 aliphatic carbocycles. The molecule has 0 amide bonds. The highest BCUT2D eigenvalue weighted by molar-refractivity contribution is 5.40. The Hall–Kier alpha value is -1.45. The van der Waals surface area contributed by atoms with Gasteiger partial charge < -0.3 is 4.74 Å². The van der Waals surface area contributed by atoms with Crippen LogP contribution in [0.15, 0.2) is 30.4 Å². The van der Waals surface area contributed by atoms with E-state index in [0.717, 1.165) is 18.9 Å². The second-order valence-electron chi connectivity index (χ2n) is 5.12. The first-order valence-electron chi connectivity index (χ1n) is 7.39. The molecule has 0 aliphatic heterocycles. The van der Waals surface area contributed by atoms with E-state index in [9.17, 15) is 13.2 Å². The Morgan fingerprint density at radius 3 is 2.48 bits per heavy atom. The van der Waals surface area contributed by atoms with Gasteiger partial charge in [-0.2, -0.15) is 13.2 Å². The lowest BCUT2D eigenvalue weighted by molar-refractivity contribution is -0.137. The van der Waals surface area contributed by atoms with Crippen molar-refractivity contribution >= 4 is 0 Å². The van der Waals surface area contributed by atoms with Crippen molar-refractivity contribution < 1.29 is 17.9 Å². The molecule has 0 fully saturated rings. The number of alkyl halides is 3. The van der Waals surface area contributed by atoms with Gasteiger partial charge in [-0.15, -0.1) is 0 Å². The van der Waals surface area contributed by atoms with Gasteiger partial charge in [-0.3, -0.25) is 0 Å². The molecular weight excluding hydrogens is 277 g/mol. The monoisotopic (exact) mass is 300 g/mol. The van der Waals surface area contributed by atoms with Crippen LogP contribution >= 0.6 is 0 Å². The van der Waals surface area contributed by atoms with Crippen LogP contribution < -0.4 is 4.74 Å². The molecule has 4 heteroatoms.